The highest BCUT2D eigenvalue weighted by atomic mass is 16.5. The van der Waals surface area contributed by atoms with Crippen molar-refractivity contribution >= 4 is 5.91 Å². The van der Waals surface area contributed by atoms with E-state index in [4.69, 9.17) is 4.74 Å². The van der Waals surface area contributed by atoms with Crippen LogP contribution in [0, 0.1) is 0 Å². The highest BCUT2D eigenvalue weighted by molar-refractivity contribution is 5.93. The number of aryl methyl sites for hydroxylation is 1. The first-order valence-corrected chi connectivity index (χ1v) is 8.53. The number of aromatic nitrogens is 5. The third-order valence-corrected chi connectivity index (χ3v) is 4.67. The van der Waals surface area contributed by atoms with Gasteiger partial charge in [0.25, 0.3) is 5.91 Å². The summed E-state index contributed by atoms with van der Waals surface area (Å²) in [5.41, 5.74) is 0.670. The fourth-order valence-corrected chi connectivity index (χ4v) is 3.23. The first-order chi connectivity index (χ1) is 12.6. The van der Waals surface area contributed by atoms with Gasteiger partial charge in [-0.15, -0.1) is 10.2 Å². The molecule has 0 fully saturated rings. The van der Waals surface area contributed by atoms with Gasteiger partial charge < -0.3 is 18.8 Å². The van der Waals surface area contributed by atoms with Crippen LogP contribution in [-0.2, 0) is 20.2 Å². The molecule has 1 amide bonds. The Morgan fingerprint density at radius 1 is 1.23 bits per heavy atom. The number of hydrogen-bond donors (Lipinski definition) is 0. The van der Waals surface area contributed by atoms with E-state index >= 15 is 0 Å². The van der Waals surface area contributed by atoms with E-state index in [-0.39, 0.29) is 11.9 Å². The highest BCUT2D eigenvalue weighted by Crippen LogP contribution is 2.26. The summed E-state index contributed by atoms with van der Waals surface area (Å²) in [7, 11) is 1.87. The largest absolute Gasteiger partial charge is 0.469 e. The molecule has 1 aliphatic heterocycles. The molecule has 8 nitrogen and oxygen atoms in total. The van der Waals surface area contributed by atoms with Gasteiger partial charge in [-0.3, -0.25) is 4.79 Å². The summed E-state index contributed by atoms with van der Waals surface area (Å²) in [5, 5.41) is 8.55. The summed E-state index contributed by atoms with van der Waals surface area (Å²) < 4.78 is 9.55. The Morgan fingerprint density at radius 2 is 2.12 bits per heavy atom. The summed E-state index contributed by atoms with van der Waals surface area (Å²) in [6, 6.07) is 9.07. The van der Waals surface area contributed by atoms with Crippen LogP contribution in [0.1, 0.15) is 35.1 Å². The Bertz CT molecular complexity index is 917. The number of ether oxygens (including phenoxy) is 1. The summed E-state index contributed by atoms with van der Waals surface area (Å²) in [6.45, 7) is 3.52. The maximum Gasteiger partial charge on any atom is 0.271 e. The third-order valence-electron chi connectivity index (χ3n) is 4.67. The highest BCUT2D eigenvalue weighted by Gasteiger charge is 2.32. The lowest BCUT2D eigenvalue weighted by Gasteiger charge is -2.33. The number of nitrogens with zero attached hydrogens (tertiary/aromatic N) is 6. The quantitative estimate of drug-likeness (QED) is 0.716. The van der Waals surface area contributed by atoms with Gasteiger partial charge in [-0.1, -0.05) is 6.07 Å². The van der Waals surface area contributed by atoms with Crippen LogP contribution in [0.4, 0.5) is 0 Å². The van der Waals surface area contributed by atoms with Crippen LogP contribution in [0.25, 0.3) is 0 Å². The van der Waals surface area contributed by atoms with Gasteiger partial charge in [-0.2, -0.15) is 0 Å². The molecule has 0 saturated carbocycles. The summed E-state index contributed by atoms with van der Waals surface area (Å²) in [5.74, 6) is 2.07. The van der Waals surface area contributed by atoms with Gasteiger partial charge in [0, 0.05) is 38.6 Å². The second-order valence-corrected chi connectivity index (χ2v) is 6.26. The predicted molar refractivity (Wildman–Crippen MR) is 93.5 cm³/mol. The normalized spacial score (nSPS) is 16.4. The van der Waals surface area contributed by atoms with Crippen LogP contribution >= 0.6 is 0 Å². The van der Waals surface area contributed by atoms with Crippen molar-refractivity contribution in [2.45, 2.75) is 26.1 Å². The van der Waals surface area contributed by atoms with Gasteiger partial charge in [0.05, 0.1) is 6.04 Å². The monoisotopic (exact) mass is 352 g/mol. The van der Waals surface area contributed by atoms with E-state index in [9.17, 15) is 4.79 Å². The Balaban J connectivity index is 1.51. The molecule has 4 heterocycles. The van der Waals surface area contributed by atoms with Gasteiger partial charge >= 0.3 is 0 Å². The number of pyridine rings is 1. The van der Waals surface area contributed by atoms with Crippen molar-refractivity contribution in [2.75, 3.05) is 6.54 Å². The van der Waals surface area contributed by atoms with Crippen LogP contribution in [0.5, 0.6) is 5.88 Å². The molecular formula is C18H20N6O2. The zero-order chi connectivity index (χ0) is 18.1. The molecule has 0 saturated heterocycles. The SMILES string of the molecule is C[C@H]1c2nnc(COc3ccccn3)n2CCN1C(=O)c1cccn1C. The molecule has 0 unspecified atom stereocenters. The lowest BCUT2D eigenvalue weighted by Crippen LogP contribution is -2.42. The second kappa shape index (κ2) is 6.62. The Kier molecular flexibility index (Phi) is 4.16. The number of fused-ring (bicyclic) bond motifs is 1. The molecule has 1 aliphatic rings. The van der Waals surface area contributed by atoms with Gasteiger partial charge in [0.1, 0.15) is 12.3 Å². The van der Waals surface area contributed by atoms with Crippen molar-refractivity contribution in [3.63, 3.8) is 0 Å². The molecule has 1 atom stereocenters. The van der Waals surface area contributed by atoms with E-state index < -0.39 is 0 Å². The zero-order valence-corrected chi connectivity index (χ0v) is 14.7. The van der Waals surface area contributed by atoms with Crippen molar-refractivity contribution in [1.82, 2.24) is 29.2 Å². The predicted octanol–water partition coefficient (Wildman–Crippen LogP) is 1.81. The summed E-state index contributed by atoms with van der Waals surface area (Å²) in [6.07, 6.45) is 3.56. The van der Waals surface area contributed by atoms with Crippen LogP contribution in [0.15, 0.2) is 42.7 Å². The fourth-order valence-electron chi connectivity index (χ4n) is 3.23. The molecule has 0 radical (unpaired) electrons. The molecule has 0 aliphatic carbocycles. The topological polar surface area (TPSA) is 78.1 Å². The number of hydrogen-bond acceptors (Lipinski definition) is 5. The van der Waals surface area contributed by atoms with Crippen molar-refractivity contribution in [3.05, 3.63) is 60.1 Å². The van der Waals surface area contributed by atoms with E-state index in [2.05, 4.69) is 15.2 Å². The van der Waals surface area contributed by atoms with Gasteiger partial charge in [0.2, 0.25) is 5.88 Å². The molecular weight excluding hydrogens is 332 g/mol. The third kappa shape index (κ3) is 2.83. The molecule has 0 aromatic carbocycles. The summed E-state index contributed by atoms with van der Waals surface area (Å²) in [4.78, 5) is 18.8. The lowest BCUT2D eigenvalue weighted by atomic mass is 10.2. The molecule has 3 aromatic heterocycles. The second-order valence-electron chi connectivity index (χ2n) is 6.26. The van der Waals surface area contributed by atoms with Crippen LogP contribution in [0.3, 0.4) is 0 Å². The van der Waals surface area contributed by atoms with Crippen molar-refractivity contribution in [1.29, 1.82) is 0 Å². The maximum atomic E-state index is 12.8. The smallest absolute Gasteiger partial charge is 0.271 e. The van der Waals surface area contributed by atoms with E-state index in [1.807, 2.05) is 58.5 Å². The lowest BCUT2D eigenvalue weighted by molar-refractivity contribution is 0.0625. The minimum atomic E-state index is -0.151. The minimum absolute atomic E-state index is 0.00513. The molecule has 4 rings (SSSR count). The fraction of sp³-hybridized carbons (Fsp3) is 0.333. The van der Waals surface area contributed by atoms with Crippen LogP contribution in [-0.4, -0.2) is 41.7 Å². The summed E-state index contributed by atoms with van der Waals surface area (Å²) >= 11 is 0. The average molecular weight is 352 g/mol. The molecule has 134 valence electrons. The van der Waals surface area contributed by atoms with Gasteiger partial charge in [-0.25, -0.2) is 4.98 Å². The number of rotatable bonds is 4. The standard InChI is InChI=1S/C18H20N6O2/c1-13-17-21-20-15(12-26-16-7-3-4-8-19-16)24(17)11-10-23(13)18(25)14-6-5-9-22(14)2/h3-9,13H,10-12H2,1-2H3/t13-/m0/s1. The van der Waals surface area contributed by atoms with Gasteiger partial charge in [0.15, 0.2) is 11.6 Å². The molecule has 0 N–H and O–H groups in total. The number of carbonyl (C=O) groups is 1. The zero-order valence-electron chi connectivity index (χ0n) is 14.7. The van der Waals surface area contributed by atoms with E-state index in [1.165, 1.54) is 0 Å². The van der Waals surface area contributed by atoms with Crippen LogP contribution in [0.2, 0.25) is 0 Å². The Hall–Kier alpha value is -3.16. The molecule has 8 heteroatoms. The Labute approximate surface area is 151 Å². The maximum absolute atomic E-state index is 12.8. The van der Waals surface area contributed by atoms with Crippen LogP contribution < -0.4 is 4.74 Å². The molecule has 26 heavy (non-hydrogen) atoms. The van der Waals surface area contributed by atoms with Crippen molar-refractivity contribution in [2.24, 2.45) is 7.05 Å². The number of amides is 1. The molecule has 0 bridgehead atoms. The van der Waals surface area contributed by atoms with E-state index in [0.717, 1.165) is 11.6 Å². The first-order valence-electron chi connectivity index (χ1n) is 8.53. The van der Waals surface area contributed by atoms with Gasteiger partial charge in [-0.05, 0) is 25.1 Å². The first kappa shape index (κ1) is 16.3. The molecule has 3 aromatic rings. The van der Waals surface area contributed by atoms with Crippen molar-refractivity contribution in [3.8, 4) is 5.88 Å². The molecule has 0 spiro atoms. The van der Waals surface area contributed by atoms with E-state index in [0.29, 0.717) is 31.3 Å². The van der Waals surface area contributed by atoms with E-state index in [1.54, 1.807) is 12.3 Å². The Morgan fingerprint density at radius 3 is 2.85 bits per heavy atom. The minimum Gasteiger partial charge on any atom is -0.469 e. The van der Waals surface area contributed by atoms with Crippen molar-refractivity contribution < 1.29 is 9.53 Å². The average Bonchev–Trinajstić information content (AvgIpc) is 3.27. The number of carbonyl (C=O) groups excluding carboxylic acids is 1.